The highest BCUT2D eigenvalue weighted by Crippen LogP contribution is 2.16. The van der Waals surface area contributed by atoms with Crippen molar-refractivity contribution in [2.75, 3.05) is 6.54 Å². The fourth-order valence-electron chi connectivity index (χ4n) is 2.12. The number of hydrogen-bond donors (Lipinski definition) is 2. The van der Waals surface area contributed by atoms with E-state index in [2.05, 4.69) is 10.6 Å². The Kier molecular flexibility index (Phi) is 3.96. The summed E-state index contributed by atoms with van der Waals surface area (Å²) in [5.74, 6) is -0.105. The summed E-state index contributed by atoms with van der Waals surface area (Å²) in [6.07, 6.45) is 1.35. The Morgan fingerprint density at radius 2 is 2.39 bits per heavy atom. The quantitative estimate of drug-likeness (QED) is 0.842. The van der Waals surface area contributed by atoms with Crippen LogP contribution in [0, 0.1) is 11.3 Å². The Hall–Kier alpha value is -1.86. The summed E-state index contributed by atoms with van der Waals surface area (Å²) in [6, 6.07) is 7.76. The summed E-state index contributed by atoms with van der Waals surface area (Å²) in [7, 11) is 0. The van der Waals surface area contributed by atoms with Crippen LogP contribution in [-0.4, -0.2) is 18.5 Å². The average Bonchev–Trinajstić information content (AvgIpc) is 2.38. The van der Waals surface area contributed by atoms with Gasteiger partial charge in [-0.05, 0) is 43.1 Å². The average molecular weight is 243 g/mol. The molecule has 94 valence electrons. The molecule has 2 rings (SSSR count). The third-order valence-corrected chi connectivity index (χ3v) is 3.13. The van der Waals surface area contributed by atoms with Crippen molar-refractivity contribution in [3.63, 3.8) is 0 Å². The van der Waals surface area contributed by atoms with Crippen LogP contribution in [0.1, 0.15) is 34.8 Å². The van der Waals surface area contributed by atoms with Gasteiger partial charge in [-0.2, -0.15) is 5.26 Å². The smallest absolute Gasteiger partial charge is 0.251 e. The molecule has 0 aromatic heterocycles. The first-order valence-electron chi connectivity index (χ1n) is 6.21. The molecule has 0 aliphatic carbocycles. The lowest BCUT2D eigenvalue weighted by molar-refractivity contribution is 0.0940. The minimum absolute atomic E-state index is 0.105. The number of fused-ring (bicyclic) bond motifs is 1. The third kappa shape index (κ3) is 2.88. The van der Waals surface area contributed by atoms with Gasteiger partial charge >= 0.3 is 0 Å². The molecule has 4 nitrogen and oxygen atoms in total. The molecule has 0 fully saturated rings. The summed E-state index contributed by atoms with van der Waals surface area (Å²) in [6.45, 7) is 3.66. The van der Waals surface area contributed by atoms with Crippen molar-refractivity contribution < 1.29 is 4.79 Å². The summed E-state index contributed by atoms with van der Waals surface area (Å²) in [5.41, 5.74) is 3.18. The molecule has 0 saturated heterocycles. The minimum atomic E-state index is -0.114. The van der Waals surface area contributed by atoms with Crippen LogP contribution < -0.4 is 10.6 Å². The maximum absolute atomic E-state index is 12.0. The molecule has 0 bridgehead atoms. The second-order valence-electron chi connectivity index (χ2n) is 4.65. The van der Waals surface area contributed by atoms with Gasteiger partial charge in [0.25, 0.3) is 5.91 Å². The van der Waals surface area contributed by atoms with Gasteiger partial charge < -0.3 is 10.6 Å². The van der Waals surface area contributed by atoms with E-state index in [9.17, 15) is 4.79 Å². The van der Waals surface area contributed by atoms with Crippen LogP contribution >= 0.6 is 0 Å². The number of hydrogen-bond acceptors (Lipinski definition) is 3. The molecule has 1 atom stereocenters. The normalized spacial score (nSPS) is 15.3. The summed E-state index contributed by atoms with van der Waals surface area (Å²) in [5, 5.41) is 14.7. The van der Waals surface area contributed by atoms with Gasteiger partial charge in [-0.25, -0.2) is 0 Å². The Morgan fingerprint density at radius 3 is 3.17 bits per heavy atom. The van der Waals surface area contributed by atoms with Crippen molar-refractivity contribution in [3.8, 4) is 6.07 Å². The summed E-state index contributed by atoms with van der Waals surface area (Å²) in [4.78, 5) is 12.0. The molecular weight excluding hydrogens is 226 g/mol. The Bertz CT molecular complexity index is 490. The van der Waals surface area contributed by atoms with Crippen LogP contribution in [0.15, 0.2) is 18.2 Å². The molecule has 0 saturated carbocycles. The van der Waals surface area contributed by atoms with E-state index in [1.165, 1.54) is 11.1 Å². The number of carbonyl (C=O) groups is 1. The van der Waals surface area contributed by atoms with Crippen molar-refractivity contribution in [1.82, 2.24) is 10.6 Å². The van der Waals surface area contributed by atoms with E-state index in [4.69, 9.17) is 5.26 Å². The number of nitriles is 1. The number of nitrogens with one attached hydrogen (secondary N) is 2. The van der Waals surface area contributed by atoms with Gasteiger partial charge in [0.1, 0.15) is 0 Å². The second kappa shape index (κ2) is 5.65. The molecular formula is C14H17N3O. The topological polar surface area (TPSA) is 64.9 Å². The fraction of sp³-hybridized carbons (Fsp3) is 0.429. The van der Waals surface area contributed by atoms with Gasteiger partial charge in [-0.15, -0.1) is 0 Å². The monoisotopic (exact) mass is 243 g/mol. The SMILES string of the molecule is CC(CC#N)NC(=O)c1ccc2c(c1)CNCC2. The zero-order valence-corrected chi connectivity index (χ0v) is 10.5. The van der Waals surface area contributed by atoms with Crippen LogP contribution in [0.2, 0.25) is 0 Å². The standard InChI is InChI=1S/C14H17N3O/c1-10(4-6-15)17-14(18)12-3-2-11-5-7-16-9-13(11)8-12/h2-3,8,10,16H,4-5,7,9H2,1H3,(H,17,18). The number of amides is 1. The maximum atomic E-state index is 12.0. The molecule has 1 unspecified atom stereocenters. The number of nitrogens with zero attached hydrogens (tertiary/aromatic N) is 1. The third-order valence-electron chi connectivity index (χ3n) is 3.13. The number of carbonyl (C=O) groups excluding carboxylic acids is 1. The van der Waals surface area contributed by atoms with Gasteiger partial charge in [0.2, 0.25) is 0 Å². The molecule has 0 spiro atoms. The molecule has 1 amide bonds. The van der Waals surface area contributed by atoms with E-state index < -0.39 is 0 Å². The molecule has 0 radical (unpaired) electrons. The van der Waals surface area contributed by atoms with E-state index in [-0.39, 0.29) is 11.9 Å². The summed E-state index contributed by atoms with van der Waals surface area (Å²) >= 11 is 0. The molecule has 4 heteroatoms. The summed E-state index contributed by atoms with van der Waals surface area (Å²) < 4.78 is 0. The number of benzene rings is 1. The predicted molar refractivity (Wildman–Crippen MR) is 69.0 cm³/mol. The van der Waals surface area contributed by atoms with Gasteiger partial charge in [0.05, 0.1) is 12.5 Å². The first-order valence-corrected chi connectivity index (χ1v) is 6.21. The van der Waals surface area contributed by atoms with E-state index in [0.29, 0.717) is 12.0 Å². The van der Waals surface area contributed by atoms with Crippen molar-refractivity contribution in [2.45, 2.75) is 32.4 Å². The highest BCUT2D eigenvalue weighted by Gasteiger charge is 2.13. The van der Waals surface area contributed by atoms with Crippen LogP contribution in [0.4, 0.5) is 0 Å². The Balaban J connectivity index is 2.09. The van der Waals surface area contributed by atoms with E-state index >= 15 is 0 Å². The van der Waals surface area contributed by atoms with Gasteiger partial charge in [0.15, 0.2) is 0 Å². The molecule has 18 heavy (non-hydrogen) atoms. The van der Waals surface area contributed by atoms with Crippen LogP contribution in [-0.2, 0) is 13.0 Å². The first-order chi connectivity index (χ1) is 8.70. The van der Waals surface area contributed by atoms with E-state index in [0.717, 1.165) is 19.5 Å². The fourth-order valence-corrected chi connectivity index (χ4v) is 2.12. The van der Waals surface area contributed by atoms with Gasteiger partial charge in [0, 0.05) is 18.2 Å². The van der Waals surface area contributed by atoms with E-state index in [1.807, 2.05) is 31.2 Å². The lowest BCUT2D eigenvalue weighted by Crippen LogP contribution is -2.32. The van der Waals surface area contributed by atoms with Gasteiger partial charge in [-0.1, -0.05) is 6.07 Å². The van der Waals surface area contributed by atoms with E-state index in [1.54, 1.807) is 0 Å². The van der Waals surface area contributed by atoms with Crippen molar-refractivity contribution >= 4 is 5.91 Å². The molecule has 1 aromatic carbocycles. The lowest BCUT2D eigenvalue weighted by Gasteiger charge is -2.18. The Labute approximate surface area is 107 Å². The molecule has 2 N–H and O–H groups in total. The molecule has 1 heterocycles. The first kappa shape index (κ1) is 12.6. The van der Waals surface area contributed by atoms with Gasteiger partial charge in [-0.3, -0.25) is 4.79 Å². The second-order valence-corrected chi connectivity index (χ2v) is 4.65. The largest absolute Gasteiger partial charge is 0.349 e. The molecule has 1 aliphatic rings. The highest BCUT2D eigenvalue weighted by atomic mass is 16.1. The highest BCUT2D eigenvalue weighted by molar-refractivity contribution is 5.94. The lowest BCUT2D eigenvalue weighted by atomic mass is 9.98. The van der Waals surface area contributed by atoms with Crippen LogP contribution in [0.3, 0.4) is 0 Å². The maximum Gasteiger partial charge on any atom is 0.251 e. The van der Waals surface area contributed by atoms with Crippen molar-refractivity contribution in [2.24, 2.45) is 0 Å². The van der Waals surface area contributed by atoms with Crippen LogP contribution in [0.25, 0.3) is 0 Å². The number of rotatable bonds is 3. The predicted octanol–water partition coefficient (Wildman–Crippen LogP) is 1.36. The van der Waals surface area contributed by atoms with Crippen molar-refractivity contribution in [1.29, 1.82) is 5.26 Å². The van der Waals surface area contributed by atoms with Crippen LogP contribution in [0.5, 0.6) is 0 Å². The molecule has 1 aromatic rings. The zero-order valence-electron chi connectivity index (χ0n) is 10.5. The zero-order chi connectivity index (χ0) is 13.0. The van der Waals surface area contributed by atoms with Crippen molar-refractivity contribution in [3.05, 3.63) is 34.9 Å². The minimum Gasteiger partial charge on any atom is -0.349 e. The Morgan fingerprint density at radius 1 is 1.56 bits per heavy atom. The molecule has 1 aliphatic heterocycles.